The number of hydrogen-bond acceptors (Lipinski definition) is 3. The largest absolute Gasteiger partial charge is 0.389 e. The molecule has 1 heterocycles. The molecule has 0 aliphatic heterocycles. The van der Waals surface area contributed by atoms with Crippen LogP contribution in [0.2, 0.25) is 0 Å². The van der Waals surface area contributed by atoms with Gasteiger partial charge in [-0.25, -0.2) is 9.37 Å². The van der Waals surface area contributed by atoms with Crippen LogP contribution in [-0.2, 0) is 6.54 Å². The highest BCUT2D eigenvalue weighted by molar-refractivity contribution is 4.96. The van der Waals surface area contributed by atoms with Crippen molar-refractivity contribution in [2.45, 2.75) is 19.6 Å². The van der Waals surface area contributed by atoms with Gasteiger partial charge in [0.1, 0.15) is 12.8 Å². The van der Waals surface area contributed by atoms with Crippen molar-refractivity contribution in [3.63, 3.8) is 0 Å². The summed E-state index contributed by atoms with van der Waals surface area (Å²) in [4.78, 5) is 15.0. The van der Waals surface area contributed by atoms with E-state index in [-0.39, 0.29) is 12.1 Å². The second-order valence-electron chi connectivity index (χ2n) is 2.83. The minimum Gasteiger partial charge on any atom is -0.389 e. The van der Waals surface area contributed by atoms with E-state index in [2.05, 4.69) is 4.98 Å². The van der Waals surface area contributed by atoms with Crippen LogP contribution in [-0.4, -0.2) is 27.4 Å². The summed E-state index contributed by atoms with van der Waals surface area (Å²) in [6, 6.07) is 1.34. The number of aromatic nitrogens is 2. The molecule has 1 aromatic rings. The molecule has 0 radical (unpaired) electrons. The Morgan fingerprint density at radius 2 is 2.46 bits per heavy atom. The van der Waals surface area contributed by atoms with Gasteiger partial charge in [-0.15, -0.1) is 0 Å². The molecule has 0 aliphatic carbocycles. The van der Waals surface area contributed by atoms with Crippen LogP contribution in [0, 0.1) is 6.92 Å². The minimum atomic E-state index is -1.14. The summed E-state index contributed by atoms with van der Waals surface area (Å²) in [5, 5.41) is 8.94. The van der Waals surface area contributed by atoms with Crippen LogP contribution in [0.1, 0.15) is 5.69 Å². The molecule has 72 valence electrons. The third kappa shape index (κ3) is 2.62. The minimum absolute atomic E-state index is 0.0530. The molecule has 0 saturated carbocycles. The fraction of sp³-hybridized carbons (Fsp3) is 0.500. The SMILES string of the molecule is Cc1cc(=O)n(CC(O)CF)cn1. The van der Waals surface area contributed by atoms with E-state index >= 15 is 0 Å². The van der Waals surface area contributed by atoms with Crippen LogP contribution < -0.4 is 5.56 Å². The fourth-order valence-electron chi connectivity index (χ4n) is 0.929. The van der Waals surface area contributed by atoms with Crippen molar-refractivity contribution in [1.29, 1.82) is 0 Å². The number of alkyl halides is 1. The fourth-order valence-corrected chi connectivity index (χ4v) is 0.929. The molecular formula is C8H11FN2O2. The van der Waals surface area contributed by atoms with Gasteiger partial charge in [0.15, 0.2) is 0 Å². The topological polar surface area (TPSA) is 55.1 Å². The molecule has 1 N–H and O–H groups in total. The standard InChI is InChI=1S/C8H11FN2O2/c1-6-2-8(13)11(5-10-6)4-7(12)3-9/h2,5,7,12H,3-4H2,1H3. The first-order valence-electron chi connectivity index (χ1n) is 3.90. The van der Waals surface area contributed by atoms with Gasteiger partial charge in [0.2, 0.25) is 0 Å². The number of aryl methyl sites for hydroxylation is 1. The normalized spacial score (nSPS) is 12.8. The van der Waals surface area contributed by atoms with Crippen LogP contribution >= 0.6 is 0 Å². The number of aliphatic hydroxyl groups is 1. The summed E-state index contributed by atoms with van der Waals surface area (Å²) in [5.41, 5.74) is 0.330. The second-order valence-corrected chi connectivity index (χ2v) is 2.83. The molecule has 0 bridgehead atoms. The van der Waals surface area contributed by atoms with Gasteiger partial charge in [-0.1, -0.05) is 0 Å². The number of nitrogens with zero attached hydrogens (tertiary/aromatic N) is 2. The number of hydrogen-bond donors (Lipinski definition) is 1. The maximum absolute atomic E-state index is 11.9. The van der Waals surface area contributed by atoms with Crippen molar-refractivity contribution in [2.24, 2.45) is 0 Å². The Hall–Kier alpha value is -1.23. The van der Waals surface area contributed by atoms with E-state index in [4.69, 9.17) is 5.11 Å². The Morgan fingerprint density at radius 3 is 3.00 bits per heavy atom. The molecule has 0 fully saturated rings. The van der Waals surface area contributed by atoms with Crippen LogP contribution in [0.5, 0.6) is 0 Å². The lowest BCUT2D eigenvalue weighted by Gasteiger charge is -2.07. The highest BCUT2D eigenvalue weighted by Gasteiger charge is 2.05. The molecule has 0 amide bonds. The lowest BCUT2D eigenvalue weighted by Crippen LogP contribution is -2.27. The van der Waals surface area contributed by atoms with E-state index in [0.29, 0.717) is 5.69 Å². The average molecular weight is 186 g/mol. The molecule has 4 nitrogen and oxygen atoms in total. The summed E-state index contributed by atoms with van der Waals surface area (Å²) in [7, 11) is 0. The van der Waals surface area contributed by atoms with E-state index in [9.17, 15) is 9.18 Å². The average Bonchev–Trinajstić information content (AvgIpc) is 2.09. The van der Waals surface area contributed by atoms with E-state index in [1.807, 2.05) is 0 Å². The zero-order valence-corrected chi connectivity index (χ0v) is 7.27. The van der Waals surface area contributed by atoms with Crippen LogP contribution in [0.15, 0.2) is 17.2 Å². The molecule has 0 aliphatic rings. The second kappa shape index (κ2) is 4.13. The van der Waals surface area contributed by atoms with Crippen molar-refractivity contribution in [2.75, 3.05) is 6.67 Å². The predicted octanol–water partition coefficient (Wildman–Crippen LogP) is -0.118. The zero-order valence-electron chi connectivity index (χ0n) is 7.27. The molecule has 0 aromatic carbocycles. The third-order valence-electron chi connectivity index (χ3n) is 1.60. The lowest BCUT2D eigenvalue weighted by molar-refractivity contribution is 0.120. The van der Waals surface area contributed by atoms with E-state index < -0.39 is 12.8 Å². The van der Waals surface area contributed by atoms with Gasteiger partial charge >= 0.3 is 0 Å². The maximum atomic E-state index is 11.9. The summed E-state index contributed by atoms with van der Waals surface area (Å²) >= 11 is 0. The third-order valence-corrected chi connectivity index (χ3v) is 1.60. The molecule has 5 heteroatoms. The Kier molecular flexibility index (Phi) is 3.13. The van der Waals surface area contributed by atoms with Crippen molar-refractivity contribution >= 4 is 0 Å². The lowest BCUT2D eigenvalue weighted by atomic mass is 10.4. The number of aliphatic hydroxyl groups excluding tert-OH is 1. The van der Waals surface area contributed by atoms with Crippen molar-refractivity contribution in [3.05, 3.63) is 28.4 Å². The van der Waals surface area contributed by atoms with Gasteiger partial charge in [-0.2, -0.15) is 0 Å². The maximum Gasteiger partial charge on any atom is 0.253 e. The molecular weight excluding hydrogens is 175 g/mol. The van der Waals surface area contributed by atoms with Gasteiger partial charge in [0, 0.05) is 11.8 Å². The predicted molar refractivity (Wildman–Crippen MR) is 45.2 cm³/mol. The molecule has 1 rings (SSSR count). The molecule has 13 heavy (non-hydrogen) atoms. The molecule has 1 aromatic heterocycles. The first kappa shape index (κ1) is 9.85. The van der Waals surface area contributed by atoms with E-state index in [1.165, 1.54) is 17.0 Å². The summed E-state index contributed by atoms with van der Waals surface area (Å²) in [6.07, 6.45) is 0.165. The molecule has 1 atom stereocenters. The van der Waals surface area contributed by atoms with Crippen molar-refractivity contribution in [1.82, 2.24) is 9.55 Å². The Balaban J connectivity index is 2.84. The van der Waals surface area contributed by atoms with Crippen LogP contribution in [0.4, 0.5) is 4.39 Å². The Labute approximate surface area is 74.7 Å². The Bertz CT molecular complexity index is 337. The highest BCUT2D eigenvalue weighted by atomic mass is 19.1. The molecule has 0 spiro atoms. The van der Waals surface area contributed by atoms with Crippen molar-refractivity contribution < 1.29 is 9.50 Å². The first-order chi connectivity index (χ1) is 6.13. The first-order valence-corrected chi connectivity index (χ1v) is 3.90. The summed E-state index contributed by atoms with van der Waals surface area (Å²) in [5.74, 6) is 0. The van der Waals surface area contributed by atoms with E-state index in [1.54, 1.807) is 6.92 Å². The van der Waals surface area contributed by atoms with Gasteiger partial charge in [-0.05, 0) is 6.92 Å². The quantitative estimate of drug-likeness (QED) is 0.716. The summed E-state index contributed by atoms with van der Waals surface area (Å²) in [6.45, 7) is 0.778. The van der Waals surface area contributed by atoms with Gasteiger partial charge < -0.3 is 5.11 Å². The van der Waals surface area contributed by atoms with Crippen molar-refractivity contribution in [3.8, 4) is 0 Å². The van der Waals surface area contributed by atoms with Gasteiger partial charge in [0.05, 0.1) is 12.9 Å². The van der Waals surface area contributed by atoms with Gasteiger partial charge in [-0.3, -0.25) is 9.36 Å². The molecule has 1 unspecified atom stereocenters. The Morgan fingerprint density at radius 1 is 1.77 bits per heavy atom. The van der Waals surface area contributed by atoms with Gasteiger partial charge in [0.25, 0.3) is 5.56 Å². The number of halogens is 1. The monoisotopic (exact) mass is 186 g/mol. The van der Waals surface area contributed by atoms with E-state index in [0.717, 1.165) is 0 Å². The summed E-state index contributed by atoms with van der Waals surface area (Å²) < 4.78 is 13.1. The van der Waals surface area contributed by atoms with Crippen LogP contribution in [0.25, 0.3) is 0 Å². The smallest absolute Gasteiger partial charge is 0.253 e. The number of rotatable bonds is 3. The molecule has 0 saturated heterocycles. The highest BCUT2D eigenvalue weighted by Crippen LogP contribution is 1.90. The van der Waals surface area contributed by atoms with Crippen LogP contribution in [0.3, 0.4) is 0 Å². The zero-order chi connectivity index (χ0) is 9.84.